The average Bonchev–Trinajstić information content (AvgIpc) is 2.23. The van der Waals surface area contributed by atoms with Crippen LogP contribution in [0.15, 0.2) is 16.6 Å². The number of rotatable bonds is 5. The van der Waals surface area contributed by atoms with Crippen LogP contribution in [0.4, 0.5) is 14.5 Å². The lowest BCUT2D eigenvalue weighted by molar-refractivity contribution is -0.142. The minimum absolute atomic E-state index is 0.0325. The number of alkyl halides is 2. The molecule has 1 rings (SSSR count). The third kappa shape index (κ3) is 4.14. The van der Waals surface area contributed by atoms with E-state index in [1.54, 1.807) is 6.92 Å². The Morgan fingerprint density at radius 2 is 2.17 bits per heavy atom. The number of halogens is 3. The first-order valence-electron chi connectivity index (χ1n) is 5.12. The molecule has 0 amide bonds. The molecule has 0 aliphatic heterocycles. The molecule has 0 aromatic heterocycles. The summed E-state index contributed by atoms with van der Waals surface area (Å²) in [4.78, 5) is 11.3. The molecule has 0 fully saturated rings. The topological polar surface area (TPSA) is 61.5 Å². The Kier molecular flexibility index (Phi) is 5.33. The van der Waals surface area contributed by atoms with Gasteiger partial charge in [-0.1, -0.05) is 15.9 Å². The molecule has 4 nitrogen and oxygen atoms in total. The summed E-state index contributed by atoms with van der Waals surface area (Å²) in [5.74, 6) is -0.505. The summed E-state index contributed by atoms with van der Waals surface area (Å²) in [5, 5.41) is 0. The lowest BCUT2D eigenvalue weighted by atomic mass is 10.1. The van der Waals surface area contributed by atoms with Gasteiger partial charge >= 0.3 is 12.6 Å². The minimum atomic E-state index is -2.92. The van der Waals surface area contributed by atoms with E-state index in [1.165, 1.54) is 12.1 Å². The van der Waals surface area contributed by atoms with Crippen molar-refractivity contribution < 1.29 is 23.0 Å². The van der Waals surface area contributed by atoms with Gasteiger partial charge in [0.2, 0.25) is 0 Å². The van der Waals surface area contributed by atoms with Crippen LogP contribution in [0, 0.1) is 0 Å². The first kappa shape index (κ1) is 14.7. The monoisotopic (exact) mass is 323 g/mol. The van der Waals surface area contributed by atoms with E-state index in [1.807, 2.05) is 0 Å². The maximum atomic E-state index is 12.0. The van der Waals surface area contributed by atoms with Gasteiger partial charge in [0.15, 0.2) is 0 Å². The van der Waals surface area contributed by atoms with Gasteiger partial charge in [-0.25, -0.2) is 0 Å². The SMILES string of the molecule is CCOC(=O)Cc1c(N)cc(OC(F)F)cc1Br. The minimum Gasteiger partial charge on any atom is -0.466 e. The van der Waals surface area contributed by atoms with Crippen molar-refractivity contribution in [2.45, 2.75) is 20.0 Å². The van der Waals surface area contributed by atoms with E-state index in [-0.39, 0.29) is 24.5 Å². The Balaban J connectivity index is 2.90. The van der Waals surface area contributed by atoms with E-state index in [9.17, 15) is 13.6 Å². The molecule has 18 heavy (non-hydrogen) atoms. The number of benzene rings is 1. The van der Waals surface area contributed by atoms with Gasteiger partial charge in [0.1, 0.15) is 5.75 Å². The van der Waals surface area contributed by atoms with Crippen molar-refractivity contribution >= 4 is 27.6 Å². The standard InChI is InChI=1S/C11H12BrF2NO3/c1-2-17-10(16)5-7-8(12)3-6(4-9(7)15)18-11(13)14/h3-4,11H,2,5,15H2,1H3. The molecule has 0 atom stereocenters. The van der Waals surface area contributed by atoms with Gasteiger partial charge in [-0.05, 0) is 13.0 Å². The number of carbonyl (C=O) groups is 1. The smallest absolute Gasteiger partial charge is 0.387 e. The molecular weight excluding hydrogens is 312 g/mol. The number of nitrogens with two attached hydrogens (primary N) is 1. The Morgan fingerprint density at radius 1 is 1.50 bits per heavy atom. The predicted octanol–water partition coefficient (Wildman–Crippen LogP) is 2.74. The molecule has 0 spiro atoms. The molecule has 0 bridgehead atoms. The quantitative estimate of drug-likeness (QED) is 0.668. The Bertz CT molecular complexity index is 417. The number of esters is 1. The summed E-state index contributed by atoms with van der Waals surface area (Å²) in [5.41, 5.74) is 6.35. The largest absolute Gasteiger partial charge is 0.466 e. The summed E-state index contributed by atoms with van der Waals surface area (Å²) in [6.07, 6.45) is -0.0325. The average molecular weight is 324 g/mol. The van der Waals surface area contributed by atoms with E-state index in [0.29, 0.717) is 10.0 Å². The third-order valence-electron chi connectivity index (χ3n) is 2.06. The van der Waals surface area contributed by atoms with Gasteiger partial charge in [0.25, 0.3) is 0 Å². The van der Waals surface area contributed by atoms with Crippen molar-refractivity contribution in [3.63, 3.8) is 0 Å². The molecule has 1 aromatic carbocycles. The molecule has 7 heteroatoms. The molecule has 0 saturated heterocycles. The number of hydrogen-bond donors (Lipinski definition) is 1. The van der Waals surface area contributed by atoms with Gasteiger partial charge in [0, 0.05) is 21.8 Å². The van der Waals surface area contributed by atoms with E-state index in [0.717, 1.165) is 0 Å². The Morgan fingerprint density at radius 3 is 2.67 bits per heavy atom. The predicted molar refractivity (Wildman–Crippen MR) is 65.5 cm³/mol. The van der Waals surface area contributed by atoms with Crippen LogP contribution >= 0.6 is 15.9 Å². The van der Waals surface area contributed by atoms with E-state index in [4.69, 9.17) is 10.5 Å². The van der Waals surface area contributed by atoms with Crippen molar-refractivity contribution in [1.29, 1.82) is 0 Å². The van der Waals surface area contributed by atoms with Gasteiger partial charge in [-0.15, -0.1) is 0 Å². The fraction of sp³-hybridized carbons (Fsp3) is 0.364. The number of hydrogen-bond acceptors (Lipinski definition) is 4. The maximum absolute atomic E-state index is 12.0. The summed E-state index contributed by atoms with van der Waals surface area (Å²) in [6, 6.07) is 2.57. The van der Waals surface area contributed by atoms with Gasteiger partial charge in [-0.3, -0.25) is 4.79 Å². The van der Waals surface area contributed by atoms with Gasteiger partial charge in [-0.2, -0.15) is 8.78 Å². The highest BCUT2D eigenvalue weighted by Crippen LogP contribution is 2.30. The second-order valence-corrected chi connectivity index (χ2v) is 4.19. The van der Waals surface area contributed by atoms with Crippen LogP contribution in [-0.2, 0) is 16.0 Å². The molecule has 0 aliphatic rings. The van der Waals surface area contributed by atoms with Crippen molar-refractivity contribution in [3.8, 4) is 5.75 Å². The zero-order valence-electron chi connectivity index (χ0n) is 9.58. The fourth-order valence-electron chi connectivity index (χ4n) is 1.35. The fourth-order valence-corrected chi connectivity index (χ4v) is 1.94. The molecule has 100 valence electrons. The van der Waals surface area contributed by atoms with Crippen LogP contribution in [0.2, 0.25) is 0 Å². The molecule has 0 heterocycles. The van der Waals surface area contributed by atoms with E-state index in [2.05, 4.69) is 20.7 Å². The van der Waals surface area contributed by atoms with Crippen LogP contribution in [0.1, 0.15) is 12.5 Å². The molecule has 2 N–H and O–H groups in total. The first-order chi connectivity index (χ1) is 8.43. The van der Waals surface area contributed by atoms with Crippen molar-refractivity contribution in [1.82, 2.24) is 0 Å². The normalized spacial score (nSPS) is 10.5. The number of anilines is 1. The lowest BCUT2D eigenvalue weighted by Crippen LogP contribution is -2.10. The molecule has 0 saturated carbocycles. The molecule has 0 aliphatic carbocycles. The number of nitrogen functional groups attached to an aromatic ring is 1. The Labute approximate surface area is 111 Å². The lowest BCUT2D eigenvalue weighted by Gasteiger charge is -2.11. The second-order valence-electron chi connectivity index (χ2n) is 3.33. The number of carbonyl (C=O) groups excluding carboxylic acids is 1. The van der Waals surface area contributed by atoms with E-state index < -0.39 is 12.6 Å². The second kappa shape index (κ2) is 6.53. The Hall–Kier alpha value is -1.37. The highest BCUT2D eigenvalue weighted by Gasteiger charge is 2.14. The van der Waals surface area contributed by atoms with Crippen molar-refractivity contribution in [2.75, 3.05) is 12.3 Å². The highest BCUT2D eigenvalue weighted by molar-refractivity contribution is 9.10. The summed E-state index contributed by atoms with van der Waals surface area (Å²) < 4.78 is 33.5. The highest BCUT2D eigenvalue weighted by atomic mass is 79.9. The zero-order valence-corrected chi connectivity index (χ0v) is 11.2. The molecule has 0 radical (unpaired) electrons. The zero-order chi connectivity index (χ0) is 13.7. The van der Waals surface area contributed by atoms with Crippen LogP contribution in [0.3, 0.4) is 0 Å². The maximum Gasteiger partial charge on any atom is 0.387 e. The summed E-state index contributed by atoms with van der Waals surface area (Å²) in [7, 11) is 0. The van der Waals surface area contributed by atoms with Crippen molar-refractivity contribution in [3.05, 3.63) is 22.2 Å². The van der Waals surface area contributed by atoms with Gasteiger partial charge < -0.3 is 15.2 Å². The molecule has 0 unspecified atom stereocenters. The molecule has 1 aromatic rings. The van der Waals surface area contributed by atoms with Crippen LogP contribution < -0.4 is 10.5 Å². The summed E-state index contributed by atoms with van der Waals surface area (Å²) in [6.45, 7) is -0.967. The van der Waals surface area contributed by atoms with Crippen LogP contribution in [0.5, 0.6) is 5.75 Å². The van der Waals surface area contributed by atoms with E-state index >= 15 is 0 Å². The summed E-state index contributed by atoms with van der Waals surface area (Å²) >= 11 is 3.15. The first-order valence-corrected chi connectivity index (χ1v) is 5.91. The van der Waals surface area contributed by atoms with Gasteiger partial charge in [0.05, 0.1) is 13.0 Å². The number of ether oxygens (including phenoxy) is 2. The van der Waals surface area contributed by atoms with Crippen molar-refractivity contribution in [2.24, 2.45) is 0 Å². The van der Waals surface area contributed by atoms with Crippen LogP contribution in [0.25, 0.3) is 0 Å². The molecular formula is C11H12BrF2NO3. The third-order valence-corrected chi connectivity index (χ3v) is 2.76. The van der Waals surface area contributed by atoms with Crippen LogP contribution in [-0.4, -0.2) is 19.2 Å².